The van der Waals surface area contributed by atoms with Crippen molar-refractivity contribution >= 4 is 11.9 Å². The molecule has 1 atom stereocenters. The Morgan fingerprint density at radius 3 is 2.42 bits per heavy atom. The minimum atomic E-state index is -4.13. The van der Waals surface area contributed by atoms with Crippen molar-refractivity contribution in [1.82, 2.24) is 19.7 Å². The summed E-state index contributed by atoms with van der Waals surface area (Å²) in [7, 11) is 1.74. The van der Waals surface area contributed by atoms with Crippen LogP contribution in [0.2, 0.25) is 0 Å². The molecule has 0 spiro atoms. The van der Waals surface area contributed by atoms with Crippen LogP contribution in [0.1, 0.15) is 38.7 Å². The number of aryl methyl sites for hydroxylation is 1. The smallest absolute Gasteiger partial charge is 0.410 e. The summed E-state index contributed by atoms with van der Waals surface area (Å²) in [5.74, 6) is -8.30. The van der Waals surface area contributed by atoms with Gasteiger partial charge in [0, 0.05) is 44.0 Å². The Labute approximate surface area is 189 Å². The molecule has 0 bridgehead atoms. The molecule has 4 heterocycles. The standard InChI is InChI=1S/C22H27F4N5O2/c1-20(2,3)33-19(32)30-8-5-14(11-30)16-10-27-18(9-15(16)17-6-7-29(4)28-17)31-12-21(23,24)22(25,26)13-31/h6-7,9-10,14H,5,8,11-13H2,1-4H3. The van der Waals surface area contributed by atoms with Crippen molar-refractivity contribution in [2.75, 3.05) is 31.1 Å². The van der Waals surface area contributed by atoms with Crippen LogP contribution in [0.4, 0.5) is 28.2 Å². The molecule has 2 aromatic rings. The van der Waals surface area contributed by atoms with Gasteiger partial charge in [0.05, 0.1) is 18.8 Å². The van der Waals surface area contributed by atoms with E-state index < -0.39 is 36.6 Å². The van der Waals surface area contributed by atoms with Crippen molar-refractivity contribution in [1.29, 1.82) is 0 Å². The largest absolute Gasteiger partial charge is 0.444 e. The van der Waals surface area contributed by atoms with E-state index in [0.29, 0.717) is 30.8 Å². The van der Waals surface area contributed by atoms with Crippen LogP contribution < -0.4 is 4.90 Å². The van der Waals surface area contributed by atoms with Gasteiger partial charge in [0.2, 0.25) is 0 Å². The van der Waals surface area contributed by atoms with Crippen molar-refractivity contribution in [2.45, 2.75) is 50.6 Å². The number of ether oxygens (including phenoxy) is 1. The van der Waals surface area contributed by atoms with E-state index in [1.807, 2.05) is 0 Å². The molecule has 4 rings (SSSR count). The van der Waals surface area contributed by atoms with Crippen LogP contribution in [-0.2, 0) is 11.8 Å². The van der Waals surface area contributed by atoms with E-state index in [4.69, 9.17) is 4.74 Å². The third-order valence-corrected chi connectivity index (χ3v) is 5.83. The second-order valence-electron chi connectivity index (χ2n) is 9.68. The predicted molar refractivity (Wildman–Crippen MR) is 114 cm³/mol. The van der Waals surface area contributed by atoms with Crippen LogP contribution in [0.25, 0.3) is 11.3 Å². The van der Waals surface area contributed by atoms with Crippen molar-refractivity contribution in [3.8, 4) is 11.3 Å². The van der Waals surface area contributed by atoms with Gasteiger partial charge in [-0.15, -0.1) is 0 Å². The summed E-state index contributed by atoms with van der Waals surface area (Å²) in [5.41, 5.74) is 1.36. The number of alkyl halides is 4. The molecular weight excluding hydrogens is 442 g/mol. The Balaban J connectivity index is 1.63. The number of amides is 1. The fourth-order valence-electron chi connectivity index (χ4n) is 4.17. The molecule has 2 aliphatic heterocycles. The molecule has 0 radical (unpaired) electrons. The number of nitrogens with zero attached hydrogens (tertiary/aromatic N) is 5. The van der Waals surface area contributed by atoms with Crippen LogP contribution in [0.5, 0.6) is 0 Å². The summed E-state index contributed by atoms with van der Waals surface area (Å²) >= 11 is 0. The van der Waals surface area contributed by atoms with E-state index in [-0.39, 0.29) is 11.7 Å². The lowest BCUT2D eigenvalue weighted by Crippen LogP contribution is -2.38. The zero-order valence-corrected chi connectivity index (χ0v) is 19.0. The molecule has 0 N–H and O–H groups in total. The SMILES string of the molecule is Cn1ccc(-c2cc(N3CC(F)(F)C(F)(F)C3)ncc2C2CCN(C(=O)OC(C)(C)C)C2)n1. The zero-order valence-electron chi connectivity index (χ0n) is 19.0. The lowest BCUT2D eigenvalue weighted by Gasteiger charge is -2.24. The minimum Gasteiger partial charge on any atom is -0.444 e. The number of carbonyl (C=O) groups is 1. The van der Waals surface area contributed by atoms with E-state index >= 15 is 0 Å². The maximum atomic E-state index is 13.8. The second-order valence-corrected chi connectivity index (χ2v) is 9.68. The number of carbonyl (C=O) groups excluding carboxylic acids is 1. The molecule has 0 aliphatic carbocycles. The Morgan fingerprint density at radius 1 is 1.18 bits per heavy atom. The minimum absolute atomic E-state index is 0.0400. The van der Waals surface area contributed by atoms with Gasteiger partial charge >= 0.3 is 17.9 Å². The van der Waals surface area contributed by atoms with Gasteiger partial charge in [0.15, 0.2) is 0 Å². The van der Waals surface area contributed by atoms with Crippen LogP contribution in [0.3, 0.4) is 0 Å². The number of hydrogen-bond acceptors (Lipinski definition) is 5. The number of anilines is 1. The average molecular weight is 469 g/mol. The van der Waals surface area contributed by atoms with Gasteiger partial charge in [-0.2, -0.15) is 22.7 Å². The molecule has 2 aliphatic rings. The van der Waals surface area contributed by atoms with E-state index in [2.05, 4.69) is 10.1 Å². The molecular formula is C22H27F4N5O2. The molecule has 11 heteroatoms. The first-order chi connectivity index (χ1) is 15.3. The van der Waals surface area contributed by atoms with Gasteiger partial charge < -0.3 is 14.5 Å². The Morgan fingerprint density at radius 2 is 1.85 bits per heavy atom. The molecule has 180 valence electrons. The maximum absolute atomic E-state index is 13.8. The van der Waals surface area contributed by atoms with Gasteiger partial charge in [-0.1, -0.05) is 0 Å². The van der Waals surface area contributed by atoms with Crippen molar-refractivity contribution in [3.05, 3.63) is 30.1 Å². The molecule has 2 saturated heterocycles. The van der Waals surface area contributed by atoms with E-state index in [9.17, 15) is 22.4 Å². The number of likely N-dealkylation sites (tertiary alicyclic amines) is 1. The molecule has 7 nitrogen and oxygen atoms in total. The Kier molecular flexibility index (Phi) is 5.57. The van der Waals surface area contributed by atoms with Gasteiger partial charge in [-0.3, -0.25) is 4.68 Å². The second kappa shape index (κ2) is 7.88. The summed E-state index contributed by atoms with van der Waals surface area (Å²) in [6.45, 7) is 4.07. The lowest BCUT2D eigenvalue weighted by atomic mass is 9.93. The molecule has 2 fully saturated rings. The predicted octanol–water partition coefficient (Wildman–Crippen LogP) is 4.30. The normalized spacial score (nSPS) is 22.1. The Hall–Kier alpha value is -2.85. The van der Waals surface area contributed by atoms with Crippen LogP contribution in [0, 0.1) is 0 Å². The average Bonchev–Trinajstić information content (AvgIpc) is 3.38. The first-order valence-electron chi connectivity index (χ1n) is 10.7. The van der Waals surface area contributed by atoms with Gasteiger partial charge in [0.1, 0.15) is 11.4 Å². The van der Waals surface area contributed by atoms with E-state index in [1.165, 1.54) is 12.3 Å². The van der Waals surface area contributed by atoms with Crippen LogP contribution >= 0.6 is 0 Å². The summed E-state index contributed by atoms with van der Waals surface area (Å²) in [6.07, 6.45) is 3.51. The number of rotatable bonds is 3. The molecule has 2 aromatic heterocycles. The fraction of sp³-hybridized carbons (Fsp3) is 0.591. The number of hydrogen-bond donors (Lipinski definition) is 0. The topological polar surface area (TPSA) is 63.5 Å². The molecule has 33 heavy (non-hydrogen) atoms. The van der Waals surface area contributed by atoms with Gasteiger partial charge in [-0.05, 0) is 44.9 Å². The van der Waals surface area contributed by atoms with E-state index in [0.717, 1.165) is 10.5 Å². The van der Waals surface area contributed by atoms with Crippen LogP contribution in [0.15, 0.2) is 24.5 Å². The quantitative estimate of drug-likeness (QED) is 0.628. The zero-order chi connectivity index (χ0) is 24.2. The first kappa shape index (κ1) is 23.3. The molecule has 1 unspecified atom stereocenters. The van der Waals surface area contributed by atoms with Crippen molar-refractivity contribution in [2.24, 2.45) is 7.05 Å². The number of aromatic nitrogens is 3. The highest BCUT2D eigenvalue weighted by Gasteiger charge is 2.63. The third kappa shape index (κ3) is 4.63. The number of pyridine rings is 1. The first-order valence-corrected chi connectivity index (χ1v) is 10.7. The maximum Gasteiger partial charge on any atom is 0.410 e. The highest BCUT2D eigenvalue weighted by molar-refractivity contribution is 5.71. The summed E-state index contributed by atoms with van der Waals surface area (Å²) in [6, 6.07) is 3.29. The number of halogens is 4. The third-order valence-electron chi connectivity index (χ3n) is 5.83. The summed E-state index contributed by atoms with van der Waals surface area (Å²) in [4.78, 5) is 19.2. The lowest BCUT2D eigenvalue weighted by molar-refractivity contribution is -0.172. The summed E-state index contributed by atoms with van der Waals surface area (Å²) in [5, 5.41) is 4.41. The van der Waals surface area contributed by atoms with Gasteiger partial charge in [0.25, 0.3) is 0 Å². The summed E-state index contributed by atoms with van der Waals surface area (Å²) < 4.78 is 62.1. The monoisotopic (exact) mass is 469 g/mol. The van der Waals surface area contributed by atoms with Crippen molar-refractivity contribution in [3.63, 3.8) is 0 Å². The van der Waals surface area contributed by atoms with Crippen molar-refractivity contribution < 1.29 is 27.1 Å². The van der Waals surface area contributed by atoms with E-state index in [1.54, 1.807) is 49.7 Å². The Bertz CT molecular complexity index is 1030. The highest BCUT2D eigenvalue weighted by Crippen LogP contribution is 2.43. The fourth-order valence-corrected chi connectivity index (χ4v) is 4.17. The molecule has 0 saturated carbocycles. The van der Waals surface area contributed by atoms with Gasteiger partial charge in [-0.25, -0.2) is 9.78 Å². The molecule has 1 amide bonds. The highest BCUT2D eigenvalue weighted by atomic mass is 19.3. The van der Waals surface area contributed by atoms with Crippen LogP contribution in [-0.4, -0.2) is 69.4 Å². The molecule has 0 aromatic carbocycles.